The van der Waals surface area contributed by atoms with Crippen molar-refractivity contribution in [1.29, 1.82) is 5.26 Å². The van der Waals surface area contributed by atoms with E-state index in [1.54, 1.807) is 13.0 Å². The Morgan fingerprint density at radius 2 is 2.26 bits per heavy atom. The first-order chi connectivity index (χ1) is 8.99. The van der Waals surface area contributed by atoms with Gasteiger partial charge >= 0.3 is 0 Å². The second-order valence-corrected chi connectivity index (χ2v) is 4.75. The van der Waals surface area contributed by atoms with Crippen molar-refractivity contribution in [2.45, 2.75) is 20.3 Å². The molecule has 1 unspecified atom stereocenters. The molecular formula is C14H16ClFN2O. The molecule has 0 saturated carbocycles. The minimum absolute atomic E-state index is 0.0858. The summed E-state index contributed by atoms with van der Waals surface area (Å²) in [5.74, 6) is -0.957. The molecule has 1 atom stereocenters. The van der Waals surface area contributed by atoms with Gasteiger partial charge in [-0.15, -0.1) is 0 Å². The van der Waals surface area contributed by atoms with Crippen LogP contribution in [0.1, 0.15) is 19.4 Å². The van der Waals surface area contributed by atoms with Crippen LogP contribution in [0.3, 0.4) is 0 Å². The number of halogens is 2. The van der Waals surface area contributed by atoms with Crippen molar-refractivity contribution >= 4 is 17.5 Å². The summed E-state index contributed by atoms with van der Waals surface area (Å²) in [5.41, 5.74) is 0.206. The number of benzene rings is 1. The van der Waals surface area contributed by atoms with E-state index in [1.165, 1.54) is 17.0 Å². The van der Waals surface area contributed by atoms with E-state index < -0.39 is 5.82 Å². The molecule has 102 valence electrons. The van der Waals surface area contributed by atoms with Crippen LogP contribution in [-0.2, 0) is 11.2 Å². The molecule has 0 aliphatic rings. The normalized spacial score (nSPS) is 11.7. The molecule has 1 rings (SSSR count). The van der Waals surface area contributed by atoms with Crippen molar-refractivity contribution in [3.05, 3.63) is 34.6 Å². The number of hydrogen-bond donors (Lipinski definition) is 0. The maximum absolute atomic E-state index is 13.6. The van der Waals surface area contributed by atoms with Gasteiger partial charge in [0.1, 0.15) is 5.82 Å². The maximum atomic E-state index is 13.6. The van der Waals surface area contributed by atoms with Crippen LogP contribution >= 0.6 is 11.6 Å². The Morgan fingerprint density at radius 3 is 2.79 bits per heavy atom. The number of nitrogens with zero attached hydrogens (tertiary/aromatic N) is 2. The van der Waals surface area contributed by atoms with E-state index in [0.717, 1.165) is 0 Å². The minimum Gasteiger partial charge on any atom is -0.341 e. The van der Waals surface area contributed by atoms with Gasteiger partial charge in [0, 0.05) is 23.7 Å². The van der Waals surface area contributed by atoms with Crippen molar-refractivity contribution in [3.8, 4) is 6.07 Å². The second kappa shape index (κ2) is 7.10. The van der Waals surface area contributed by atoms with Gasteiger partial charge in [-0.1, -0.05) is 17.7 Å². The second-order valence-electron chi connectivity index (χ2n) is 4.34. The van der Waals surface area contributed by atoms with Crippen LogP contribution in [0, 0.1) is 23.1 Å². The molecule has 0 aromatic heterocycles. The number of carbonyl (C=O) groups excluding carboxylic acids is 1. The van der Waals surface area contributed by atoms with Crippen molar-refractivity contribution in [3.63, 3.8) is 0 Å². The molecule has 0 N–H and O–H groups in total. The largest absolute Gasteiger partial charge is 0.341 e. The predicted molar refractivity (Wildman–Crippen MR) is 72.1 cm³/mol. The molecule has 5 heteroatoms. The zero-order valence-corrected chi connectivity index (χ0v) is 11.7. The first-order valence-electron chi connectivity index (χ1n) is 6.09. The Kier molecular flexibility index (Phi) is 5.78. The zero-order chi connectivity index (χ0) is 14.4. The van der Waals surface area contributed by atoms with Gasteiger partial charge in [0.15, 0.2) is 0 Å². The lowest BCUT2D eigenvalue weighted by Gasteiger charge is -2.22. The zero-order valence-electron chi connectivity index (χ0n) is 11.0. The van der Waals surface area contributed by atoms with Gasteiger partial charge in [-0.25, -0.2) is 4.39 Å². The van der Waals surface area contributed by atoms with Crippen LogP contribution in [0.25, 0.3) is 0 Å². The number of rotatable bonds is 5. The number of nitriles is 1. The molecule has 1 aromatic carbocycles. The number of hydrogen-bond acceptors (Lipinski definition) is 2. The van der Waals surface area contributed by atoms with Gasteiger partial charge in [-0.3, -0.25) is 4.79 Å². The average Bonchev–Trinajstić information content (AvgIpc) is 2.39. The van der Waals surface area contributed by atoms with Gasteiger partial charge < -0.3 is 4.90 Å². The highest BCUT2D eigenvalue weighted by Crippen LogP contribution is 2.20. The van der Waals surface area contributed by atoms with Crippen LogP contribution < -0.4 is 0 Å². The molecule has 1 amide bonds. The molecule has 0 bridgehead atoms. The Balaban J connectivity index is 2.80. The molecule has 0 saturated heterocycles. The highest BCUT2D eigenvalue weighted by molar-refractivity contribution is 6.31. The van der Waals surface area contributed by atoms with E-state index >= 15 is 0 Å². The lowest BCUT2D eigenvalue weighted by molar-refractivity contribution is -0.130. The molecule has 3 nitrogen and oxygen atoms in total. The lowest BCUT2D eigenvalue weighted by atomic mass is 10.1. The molecule has 0 radical (unpaired) electrons. The fourth-order valence-corrected chi connectivity index (χ4v) is 1.97. The number of amides is 1. The fraction of sp³-hybridized carbons (Fsp3) is 0.429. The first-order valence-corrected chi connectivity index (χ1v) is 6.47. The summed E-state index contributed by atoms with van der Waals surface area (Å²) in [7, 11) is 0. The van der Waals surface area contributed by atoms with Crippen molar-refractivity contribution in [2.24, 2.45) is 5.92 Å². The number of carbonyl (C=O) groups is 1. The van der Waals surface area contributed by atoms with Gasteiger partial charge in [0.05, 0.1) is 18.4 Å². The van der Waals surface area contributed by atoms with E-state index in [-0.39, 0.29) is 28.8 Å². The lowest BCUT2D eigenvalue weighted by Crippen LogP contribution is -2.35. The summed E-state index contributed by atoms with van der Waals surface area (Å²) in [4.78, 5) is 13.6. The van der Waals surface area contributed by atoms with Crippen LogP contribution in [0.2, 0.25) is 5.02 Å². The minimum atomic E-state index is -0.481. The Labute approximate surface area is 117 Å². The van der Waals surface area contributed by atoms with E-state index in [4.69, 9.17) is 16.9 Å². The highest BCUT2D eigenvalue weighted by atomic mass is 35.5. The fourth-order valence-electron chi connectivity index (χ4n) is 1.74. The molecule has 0 heterocycles. The van der Waals surface area contributed by atoms with Gasteiger partial charge in [-0.05, 0) is 26.0 Å². The molecule has 0 fully saturated rings. The van der Waals surface area contributed by atoms with E-state index in [1.807, 2.05) is 6.92 Å². The molecule has 0 spiro atoms. The molecule has 0 aliphatic heterocycles. The monoisotopic (exact) mass is 282 g/mol. The Hall–Kier alpha value is -1.60. The van der Waals surface area contributed by atoms with Crippen molar-refractivity contribution in [2.75, 3.05) is 13.1 Å². The van der Waals surface area contributed by atoms with Gasteiger partial charge in [-0.2, -0.15) is 5.26 Å². The Bertz CT molecular complexity index is 478. The third-order valence-electron chi connectivity index (χ3n) is 2.84. The first kappa shape index (κ1) is 15.5. The van der Waals surface area contributed by atoms with Crippen LogP contribution in [0.15, 0.2) is 18.2 Å². The molecule has 1 aromatic rings. The summed E-state index contributed by atoms with van der Waals surface area (Å²) < 4.78 is 13.6. The smallest absolute Gasteiger partial charge is 0.227 e. The third-order valence-corrected chi connectivity index (χ3v) is 3.19. The van der Waals surface area contributed by atoms with Crippen molar-refractivity contribution < 1.29 is 9.18 Å². The Morgan fingerprint density at radius 1 is 1.58 bits per heavy atom. The average molecular weight is 283 g/mol. The maximum Gasteiger partial charge on any atom is 0.227 e. The SMILES string of the molecule is CCN(CC(C)C#N)C(=O)Cc1c(F)cccc1Cl. The molecular weight excluding hydrogens is 267 g/mol. The van der Waals surface area contributed by atoms with E-state index in [9.17, 15) is 9.18 Å². The van der Waals surface area contributed by atoms with Gasteiger partial charge in [0.25, 0.3) is 0 Å². The summed E-state index contributed by atoms with van der Waals surface area (Å²) in [5, 5.41) is 9.02. The van der Waals surface area contributed by atoms with Gasteiger partial charge in [0.2, 0.25) is 5.91 Å². The standard InChI is InChI=1S/C14H16ClFN2O/c1-3-18(9-10(2)8-17)14(19)7-11-12(15)5-4-6-13(11)16/h4-6,10H,3,7,9H2,1-2H3. The quantitative estimate of drug-likeness (QED) is 0.833. The third kappa shape index (κ3) is 4.22. The summed E-state index contributed by atoms with van der Waals surface area (Å²) in [6, 6.07) is 6.42. The summed E-state index contributed by atoms with van der Waals surface area (Å²) >= 11 is 5.89. The topological polar surface area (TPSA) is 44.1 Å². The predicted octanol–water partition coefficient (Wildman–Crippen LogP) is 3.03. The number of likely N-dealkylation sites (N-methyl/N-ethyl adjacent to an activating group) is 1. The molecule has 0 aliphatic carbocycles. The highest BCUT2D eigenvalue weighted by Gasteiger charge is 2.18. The summed E-state index contributed by atoms with van der Waals surface area (Å²) in [6.07, 6.45) is -0.0858. The van der Waals surface area contributed by atoms with Crippen LogP contribution in [0.5, 0.6) is 0 Å². The van der Waals surface area contributed by atoms with Crippen LogP contribution in [-0.4, -0.2) is 23.9 Å². The van der Waals surface area contributed by atoms with Crippen molar-refractivity contribution in [1.82, 2.24) is 4.90 Å². The van der Waals surface area contributed by atoms with E-state index in [2.05, 4.69) is 6.07 Å². The molecule has 19 heavy (non-hydrogen) atoms. The summed E-state index contributed by atoms with van der Waals surface area (Å²) in [6.45, 7) is 4.39. The van der Waals surface area contributed by atoms with E-state index in [0.29, 0.717) is 13.1 Å². The van der Waals surface area contributed by atoms with Crippen LogP contribution in [0.4, 0.5) is 4.39 Å².